The van der Waals surface area contributed by atoms with Crippen LogP contribution >= 0.6 is 0 Å². The maximum atomic E-state index is 12.1. The number of aromatic nitrogens is 1. The first-order chi connectivity index (χ1) is 11.0. The molecule has 1 atom stereocenters. The molecular weight excluding hydrogens is 292 g/mol. The summed E-state index contributed by atoms with van der Waals surface area (Å²) in [6.07, 6.45) is 0.815. The topological polar surface area (TPSA) is 75.1 Å². The number of benzene rings is 1. The lowest BCUT2D eigenvalue weighted by Gasteiger charge is -2.19. The molecule has 0 aliphatic carbocycles. The molecule has 1 unspecified atom stereocenters. The largest absolute Gasteiger partial charge is 0.493 e. The van der Waals surface area contributed by atoms with Gasteiger partial charge in [-0.1, -0.05) is 19.1 Å². The van der Waals surface area contributed by atoms with Crippen LogP contribution in [0, 0.1) is 18.3 Å². The number of H-pyrrole nitrogens is 1. The van der Waals surface area contributed by atoms with Gasteiger partial charge in [-0.15, -0.1) is 0 Å². The molecule has 0 amide bonds. The van der Waals surface area contributed by atoms with Crippen LogP contribution in [-0.2, 0) is 0 Å². The van der Waals surface area contributed by atoms with E-state index in [9.17, 15) is 10.1 Å². The lowest BCUT2D eigenvalue weighted by Crippen LogP contribution is -2.14. The third-order valence-electron chi connectivity index (χ3n) is 3.66. The van der Waals surface area contributed by atoms with Crippen molar-refractivity contribution in [2.75, 3.05) is 7.11 Å². The number of aromatic amines is 1. The highest BCUT2D eigenvalue weighted by atomic mass is 16.5. The number of nitriles is 1. The number of nitrogens with one attached hydrogen (secondary N) is 1. The van der Waals surface area contributed by atoms with Crippen molar-refractivity contribution in [3.05, 3.63) is 45.9 Å². The molecule has 0 saturated carbocycles. The van der Waals surface area contributed by atoms with Crippen molar-refractivity contribution in [1.29, 1.82) is 5.26 Å². The molecule has 1 aromatic carbocycles. The molecule has 0 aliphatic heterocycles. The van der Waals surface area contributed by atoms with Crippen molar-refractivity contribution in [2.24, 2.45) is 0 Å². The van der Waals surface area contributed by atoms with Gasteiger partial charge >= 0.3 is 0 Å². The highest BCUT2D eigenvalue weighted by Crippen LogP contribution is 2.39. The number of methoxy groups -OCH3 is 1. The zero-order valence-corrected chi connectivity index (χ0v) is 13.8. The van der Waals surface area contributed by atoms with Gasteiger partial charge in [0, 0.05) is 16.8 Å². The van der Waals surface area contributed by atoms with Crippen LogP contribution in [0.3, 0.4) is 0 Å². The first-order valence-corrected chi connectivity index (χ1v) is 7.49. The summed E-state index contributed by atoms with van der Waals surface area (Å²) in [5, 5.41) is 9.35. The molecule has 23 heavy (non-hydrogen) atoms. The molecule has 0 fully saturated rings. The molecule has 0 radical (unpaired) electrons. The van der Waals surface area contributed by atoms with E-state index in [0.29, 0.717) is 28.3 Å². The third-order valence-corrected chi connectivity index (χ3v) is 3.66. The standard InChI is InChI=1S/C18H20N2O3/c1-5-12(3)23-17-13(7-6-8-16(17)22-4)14-9-11(2)20-18(21)15(14)10-19/h6-9,12H,5H2,1-4H3,(H,20,21). The Labute approximate surface area is 135 Å². The number of aryl methyl sites for hydroxylation is 1. The highest BCUT2D eigenvalue weighted by Gasteiger charge is 2.19. The Morgan fingerprint density at radius 3 is 2.70 bits per heavy atom. The molecule has 5 nitrogen and oxygen atoms in total. The minimum Gasteiger partial charge on any atom is -0.493 e. The molecule has 0 aliphatic rings. The van der Waals surface area contributed by atoms with Crippen molar-refractivity contribution in [2.45, 2.75) is 33.3 Å². The minimum absolute atomic E-state index is 0.0151. The first kappa shape index (κ1) is 16.6. The second kappa shape index (κ2) is 7.01. The van der Waals surface area contributed by atoms with Gasteiger partial charge in [0.15, 0.2) is 11.5 Å². The lowest BCUT2D eigenvalue weighted by molar-refractivity contribution is 0.208. The smallest absolute Gasteiger partial charge is 0.266 e. The van der Waals surface area contributed by atoms with Gasteiger partial charge in [0.1, 0.15) is 11.6 Å². The Hall–Kier alpha value is -2.74. The Kier molecular flexibility index (Phi) is 5.07. The van der Waals surface area contributed by atoms with Gasteiger partial charge in [-0.25, -0.2) is 0 Å². The quantitative estimate of drug-likeness (QED) is 0.918. The Balaban J connectivity index is 2.74. The predicted octanol–water partition coefficient (Wildman–Crippen LogP) is 3.41. The molecule has 2 aromatic rings. The normalized spacial score (nSPS) is 11.6. The fourth-order valence-electron chi connectivity index (χ4n) is 2.31. The van der Waals surface area contributed by atoms with Crippen LogP contribution in [0.25, 0.3) is 11.1 Å². The number of pyridine rings is 1. The van der Waals surface area contributed by atoms with Crippen LogP contribution in [0.4, 0.5) is 0 Å². The van der Waals surface area contributed by atoms with E-state index < -0.39 is 5.56 Å². The van der Waals surface area contributed by atoms with Gasteiger partial charge in [0.05, 0.1) is 13.2 Å². The molecule has 2 rings (SSSR count). The molecule has 0 bridgehead atoms. The van der Waals surface area contributed by atoms with Crippen molar-refractivity contribution in [3.8, 4) is 28.7 Å². The summed E-state index contributed by atoms with van der Waals surface area (Å²) in [4.78, 5) is 14.7. The zero-order chi connectivity index (χ0) is 17.0. The minimum atomic E-state index is -0.403. The number of hydrogen-bond donors (Lipinski definition) is 1. The van der Waals surface area contributed by atoms with Crippen molar-refractivity contribution in [1.82, 2.24) is 4.98 Å². The van der Waals surface area contributed by atoms with Gasteiger partial charge in [-0.05, 0) is 32.4 Å². The Morgan fingerprint density at radius 2 is 2.09 bits per heavy atom. The number of rotatable bonds is 5. The van der Waals surface area contributed by atoms with Gasteiger partial charge < -0.3 is 14.5 Å². The van der Waals surface area contributed by atoms with Crippen molar-refractivity contribution >= 4 is 0 Å². The summed E-state index contributed by atoms with van der Waals surface area (Å²) in [6.45, 7) is 5.77. The SMILES string of the molecule is CCC(C)Oc1c(OC)cccc1-c1cc(C)[nH]c(=O)c1C#N. The van der Waals surface area contributed by atoms with Crippen molar-refractivity contribution in [3.63, 3.8) is 0 Å². The number of ether oxygens (including phenoxy) is 2. The van der Waals surface area contributed by atoms with E-state index in [1.54, 1.807) is 26.2 Å². The van der Waals surface area contributed by atoms with E-state index in [4.69, 9.17) is 9.47 Å². The van der Waals surface area contributed by atoms with Gasteiger partial charge in [-0.3, -0.25) is 4.79 Å². The van der Waals surface area contributed by atoms with E-state index in [0.717, 1.165) is 6.42 Å². The van der Waals surface area contributed by atoms with Gasteiger partial charge in [0.2, 0.25) is 0 Å². The highest BCUT2D eigenvalue weighted by molar-refractivity contribution is 5.78. The average molecular weight is 312 g/mol. The second-order valence-corrected chi connectivity index (χ2v) is 5.36. The van der Waals surface area contributed by atoms with Crippen LogP contribution in [0.2, 0.25) is 0 Å². The second-order valence-electron chi connectivity index (χ2n) is 5.36. The van der Waals surface area contributed by atoms with Gasteiger partial charge in [0.25, 0.3) is 5.56 Å². The van der Waals surface area contributed by atoms with Crippen LogP contribution in [0.15, 0.2) is 29.1 Å². The van der Waals surface area contributed by atoms with Crippen LogP contribution in [0.1, 0.15) is 31.5 Å². The molecule has 1 N–H and O–H groups in total. The molecule has 1 heterocycles. The summed E-state index contributed by atoms with van der Waals surface area (Å²) in [5.41, 5.74) is 1.57. The van der Waals surface area contributed by atoms with Crippen LogP contribution in [0.5, 0.6) is 11.5 Å². The van der Waals surface area contributed by atoms with Crippen molar-refractivity contribution < 1.29 is 9.47 Å². The lowest BCUT2D eigenvalue weighted by atomic mass is 9.99. The fraction of sp³-hybridized carbons (Fsp3) is 0.333. The number of nitrogens with zero attached hydrogens (tertiary/aromatic N) is 1. The number of para-hydroxylation sites is 1. The van der Waals surface area contributed by atoms with E-state index in [-0.39, 0.29) is 11.7 Å². The van der Waals surface area contributed by atoms with Crippen LogP contribution < -0.4 is 15.0 Å². The predicted molar refractivity (Wildman–Crippen MR) is 88.9 cm³/mol. The monoisotopic (exact) mass is 312 g/mol. The maximum Gasteiger partial charge on any atom is 0.266 e. The van der Waals surface area contributed by atoms with E-state index in [1.807, 2.05) is 32.0 Å². The third kappa shape index (κ3) is 3.37. The van der Waals surface area contributed by atoms with E-state index in [2.05, 4.69) is 4.98 Å². The zero-order valence-electron chi connectivity index (χ0n) is 13.8. The molecule has 0 spiro atoms. The fourth-order valence-corrected chi connectivity index (χ4v) is 2.31. The average Bonchev–Trinajstić information content (AvgIpc) is 2.54. The van der Waals surface area contributed by atoms with Crippen LogP contribution in [-0.4, -0.2) is 18.2 Å². The molecule has 5 heteroatoms. The summed E-state index contributed by atoms with van der Waals surface area (Å²) in [6, 6.07) is 9.20. The maximum absolute atomic E-state index is 12.1. The summed E-state index contributed by atoms with van der Waals surface area (Å²) in [5.74, 6) is 1.12. The summed E-state index contributed by atoms with van der Waals surface area (Å²) >= 11 is 0. The number of hydrogen-bond acceptors (Lipinski definition) is 4. The van der Waals surface area contributed by atoms with Gasteiger partial charge in [-0.2, -0.15) is 5.26 Å². The molecule has 1 aromatic heterocycles. The molecular formula is C18H20N2O3. The molecule has 120 valence electrons. The Bertz CT molecular complexity index is 803. The van der Waals surface area contributed by atoms with E-state index >= 15 is 0 Å². The van der Waals surface area contributed by atoms with E-state index in [1.165, 1.54) is 0 Å². The molecule has 0 saturated heterocycles. The summed E-state index contributed by atoms with van der Waals surface area (Å²) in [7, 11) is 1.57. The first-order valence-electron chi connectivity index (χ1n) is 7.49. The summed E-state index contributed by atoms with van der Waals surface area (Å²) < 4.78 is 11.4. The Morgan fingerprint density at radius 1 is 1.35 bits per heavy atom.